The molecule has 0 bridgehead atoms. The second-order valence-corrected chi connectivity index (χ2v) is 4.38. The first-order valence-corrected chi connectivity index (χ1v) is 6.30. The Labute approximate surface area is 112 Å². The number of pyridine rings is 1. The van der Waals surface area contributed by atoms with Gasteiger partial charge in [-0.25, -0.2) is 0 Å². The zero-order chi connectivity index (χ0) is 13.7. The van der Waals surface area contributed by atoms with Crippen LogP contribution in [0.2, 0.25) is 0 Å². The van der Waals surface area contributed by atoms with E-state index in [0.717, 1.165) is 18.5 Å². The minimum atomic E-state index is 0.154. The molecule has 2 heterocycles. The van der Waals surface area contributed by atoms with Crippen LogP contribution in [0.3, 0.4) is 0 Å². The second kappa shape index (κ2) is 6.29. The Bertz CT molecular complexity index is 510. The monoisotopic (exact) mass is 262 g/mol. The molecule has 0 radical (unpaired) electrons. The van der Waals surface area contributed by atoms with Gasteiger partial charge in [-0.2, -0.15) is 4.98 Å². The third kappa shape index (κ3) is 4.03. The lowest BCUT2D eigenvalue weighted by atomic mass is 10.1. The number of hydrogen-bond acceptors (Lipinski definition) is 6. The smallest absolute Gasteiger partial charge is 0.223 e. The zero-order valence-corrected chi connectivity index (χ0v) is 11.2. The molecule has 2 aromatic heterocycles. The van der Waals surface area contributed by atoms with Crippen molar-refractivity contribution in [2.45, 2.75) is 39.3 Å². The maximum absolute atomic E-state index is 5.88. The molecule has 6 nitrogen and oxygen atoms in total. The second-order valence-electron chi connectivity index (χ2n) is 4.38. The number of hydrogen-bond donors (Lipinski definition) is 1. The van der Waals surface area contributed by atoms with E-state index in [1.54, 1.807) is 13.1 Å². The Hall–Kier alpha value is -1.95. The van der Waals surface area contributed by atoms with Gasteiger partial charge in [-0.3, -0.25) is 4.98 Å². The van der Waals surface area contributed by atoms with E-state index in [1.165, 1.54) is 0 Å². The molecule has 0 amide bonds. The number of aromatic nitrogens is 3. The quantitative estimate of drug-likeness (QED) is 0.851. The standard InChI is InChI=1S/C13H18N4O2/c1-3-10(14)6-11-4-5-12(7-15-11)18-8-13-16-9(2)19-17-13/h4-5,7,10H,3,6,8,14H2,1-2H3. The molecule has 2 aromatic rings. The van der Waals surface area contributed by atoms with Gasteiger partial charge >= 0.3 is 0 Å². The molecule has 0 fully saturated rings. The molecule has 0 aliphatic carbocycles. The first kappa shape index (κ1) is 13.5. The highest BCUT2D eigenvalue weighted by atomic mass is 16.5. The molecule has 1 atom stereocenters. The van der Waals surface area contributed by atoms with Gasteiger partial charge in [-0.05, 0) is 18.6 Å². The van der Waals surface area contributed by atoms with Gasteiger partial charge in [0.1, 0.15) is 5.75 Å². The molecular weight excluding hydrogens is 244 g/mol. The lowest BCUT2D eigenvalue weighted by Gasteiger charge is -2.08. The maximum atomic E-state index is 5.88. The van der Waals surface area contributed by atoms with Crippen LogP contribution in [0.25, 0.3) is 0 Å². The molecule has 0 aliphatic rings. The average Bonchev–Trinajstić information content (AvgIpc) is 2.83. The summed E-state index contributed by atoms with van der Waals surface area (Å²) in [6.45, 7) is 4.08. The third-order valence-corrected chi connectivity index (χ3v) is 2.73. The fourth-order valence-electron chi connectivity index (χ4n) is 1.58. The van der Waals surface area contributed by atoms with Crippen LogP contribution in [0, 0.1) is 6.92 Å². The van der Waals surface area contributed by atoms with Crippen molar-refractivity contribution in [3.63, 3.8) is 0 Å². The van der Waals surface area contributed by atoms with Crippen molar-refractivity contribution in [1.29, 1.82) is 0 Å². The maximum Gasteiger partial charge on any atom is 0.223 e. The van der Waals surface area contributed by atoms with Crippen molar-refractivity contribution in [2.75, 3.05) is 0 Å². The van der Waals surface area contributed by atoms with Gasteiger partial charge in [0.2, 0.25) is 11.7 Å². The minimum absolute atomic E-state index is 0.154. The highest BCUT2D eigenvalue weighted by Crippen LogP contribution is 2.12. The van der Waals surface area contributed by atoms with Crippen LogP contribution in [0.5, 0.6) is 5.75 Å². The summed E-state index contributed by atoms with van der Waals surface area (Å²) in [5.41, 5.74) is 6.85. The predicted molar refractivity (Wildman–Crippen MR) is 69.6 cm³/mol. The first-order chi connectivity index (χ1) is 9.17. The van der Waals surface area contributed by atoms with E-state index < -0.39 is 0 Å². The van der Waals surface area contributed by atoms with Crippen molar-refractivity contribution in [3.05, 3.63) is 35.7 Å². The SMILES string of the molecule is CCC(N)Cc1ccc(OCc2noc(C)n2)cn1. The number of rotatable bonds is 6. The Morgan fingerprint density at radius 2 is 2.26 bits per heavy atom. The van der Waals surface area contributed by atoms with Gasteiger partial charge in [0, 0.05) is 25.1 Å². The summed E-state index contributed by atoms with van der Waals surface area (Å²) in [6.07, 6.45) is 3.41. The van der Waals surface area contributed by atoms with E-state index in [4.69, 9.17) is 15.0 Å². The Morgan fingerprint density at radius 3 is 2.84 bits per heavy atom. The Balaban J connectivity index is 1.88. The van der Waals surface area contributed by atoms with Gasteiger partial charge in [0.15, 0.2) is 6.61 Å². The Morgan fingerprint density at radius 1 is 1.42 bits per heavy atom. The van der Waals surface area contributed by atoms with Gasteiger partial charge < -0.3 is 15.0 Å². The fraction of sp³-hybridized carbons (Fsp3) is 0.462. The topological polar surface area (TPSA) is 87.1 Å². The number of nitrogens with zero attached hydrogens (tertiary/aromatic N) is 3. The van der Waals surface area contributed by atoms with Crippen LogP contribution in [-0.4, -0.2) is 21.2 Å². The molecule has 0 saturated heterocycles. The molecule has 0 saturated carbocycles. The van der Waals surface area contributed by atoms with Gasteiger partial charge in [-0.15, -0.1) is 0 Å². The van der Waals surface area contributed by atoms with Crippen LogP contribution >= 0.6 is 0 Å². The summed E-state index contributed by atoms with van der Waals surface area (Å²) >= 11 is 0. The van der Waals surface area contributed by atoms with Crippen molar-refractivity contribution in [1.82, 2.24) is 15.1 Å². The first-order valence-electron chi connectivity index (χ1n) is 6.30. The van der Waals surface area contributed by atoms with E-state index in [1.807, 2.05) is 12.1 Å². The molecular formula is C13H18N4O2. The largest absolute Gasteiger partial charge is 0.484 e. The van der Waals surface area contributed by atoms with E-state index in [2.05, 4.69) is 22.0 Å². The van der Waals surface area contributed by atoms with Crippen molar-refractivity contribution in [2.24, 2.45) is 5.73 Å². The Kier molecular flexibility index (Phi) is 4.46. The highest BCUT2D eigenvalue weighted by molar-refractivity contribution is 5.20. The molecule has 0 aliphatic heterocycles. The van der Waals surface area contributed by atoms with Crippen LogP contribution < -0.4 is 10.5 Å². The van der Waals surface area contributed by atoms with Gasteiger partial charge in [0.25, 0.3) is 0 Å². The lowest BCUT2D eigenvalue weighted by molar-refractivity contribution is 0.284. The van der Waals surface area contributed by atoms with E-state index >= 15 is 0 Å². The summed E-state index contributed by atoms with van der Waals surface area (Å²) in [5.74, 6) is 1.73. The van der Waals surface area contributed by atoms with Gasteiger partial charge in [-0.1, -0.05) is 12.1 Å². The molecule has 0 aromatic carbocycles. The van der Waals surface area contributed by atoms with Crippen LogP contribution in [-0.2, 0) is 13.0 Å². The van der Waals surface area contributed by atoms with E-state index in [0.29, 0.717) is 17.5 Å². The number of aryl methyl sites for hydroxylation is 1. The molecule has 2 N–H and O–H groups in total. The molecule has 19 heavy (non-hydrogen) atoms. The zero-order valence-electron chi connectivity index (χ0n) is 11.2. The van der Waals surface area contributed by atoms with E-state index in [-0.39, 0.29) is 12.6 Å². The normalized spacial score (nSPS) is 12.4. The number of ether oxygens (including phenoxy) is 1. The van der Waals surface area contributed by atoms with Crippen LogP contribution in [0.1, 0.15) is 30.8 Å². The third-order valence-electron chi connectivity index (χ3n) is 2.73. The van der Waals surface area contributed by atoms with Crippen LogP contribution in [0.4, 0.5) is 0 Å². The van der Waals surface area contributed by atoms with Crippen molar-refractivity contribution >= 4 is 0 Å². The summed E-state index contributed by atoms with van der Waals surface area (Å²) in [7, 11) is 0. The summed E-state index contributed by atoms with van der Waals surface area (Å²) < 4.78 is 10.4. The fourth-order valence-corrected chi connectivity index (χ4v) is 1.58. The lowest BCUT2D eigenvalue weighted by Crippen LogP contribution is -2.21. The van der Waals surface area contributed by atoms with Crippen molar-refractivity contribution in [3.8, 4) is 5.75 Å². The average molecular weight is 262 g/mol. The molecule has 102 valence electrons. The molecule has 2 rings (SSSR count). The molecule has 6 heteroatoms. The predicted octanol–water partition coefficient (Wildman–Crippen LogP) is 1.63. The summed E-state index contributed by atoms with van der Waals surface area (Å²) in [5, 5.41) is 3.75. The molecule has 1 unspecified atom stereocenters. The van der Waals surface area contributed by atoms with Crippen LogP contribution in [0.15, 0.2) is 22.9 Å². The van der Waals surface area contributed by atoms with Gasteiger partial charge in [0.05, 0.1) is 6.20 Å². The highest BCUT2D eigenvalue weighted by Gasteiger charge is 2.05. The molecule has 0 spiro atoms. The van der Waals surface area contributed by atoms with Crippen molar-refractivity contribution < 1.29 is 9.26 Å². The number of nitrogens with two attached hydrogens (primary N) is 1. The minimum Gasteiger partial charge on any atom is -0.484 e. The summed E-state index contributed by atoms with van der Waals surface area (Å²) in [4.78, 5) is 8.37. The summed E-state index contributed by atoms with van der Waals surface area (Å²) in [6, 6.07) is 3.95. The van der Waals surface area contributed by atoms with E-state index in [9.17, 15) is 0 Å².